The summed E-state index contributed by atoms with van der Waals surface area (Å²) < 4.78 is 1.76. The molecule has 1 aromatic carbocycles. The summed E-state index contributed by atoms with van der Waals surface area (Å²) in [4.78, 5) is 21.2. The van der Waals surface area contributed by atoms with Crippen molar-refractivity contribution in [3.63, 3.8) is 0 Å². The first-order chi connectivity index (χ1) is 16.5. The molecular formula is C26H30N6OS. The molecule has 0 radical (unpaired) electrons. The molecule has 0 saturated carbocycles. The molecule has 5 rings (SSSR count). The van der Waals surface area contributed by atoms with Crippen molar-refractivity contribution in [2.45, 2.75) is 38.3 Å². The zero-order valence-electron chi connectivity index (χ0n) is 19.8. The van der Waals surface area contributed by atoms with E-state index in [4.69, 9.17) is 4.98 Å². The largest absolute Gasteiger partial charge is 0.342 e. The van der Waals surface area contributed by atoms with Crippen molar-refractivity contribution >= 4 is 28.3 Å². The van der Waals surface area contributed by atoms with Gasteiger partial charge in [-0.25, -0.2) is 4.98 Å². The molecule has 3 aromatic heterocycles. The number of hydrogen-bond donors (Lipinski definition) is 2. The summed E-state index contributed by atoms with van der Waals surface area (Å²) in [6.45, 7) is 2.64. The van der Waals surface area contributed by atoms with Gasteiger partial charge in [-0.05, 0) is 49.3 Å². The van der Waals surface area contributed by atoms with Crippen molar-refractivity contribution in [3.05, 3.63) is 70.7 Å². The Morgan fingerprint density at radius 2 is 2.03 bits per heavy atom. The number of thiophene rings is 1. The number of nitrogens with one attached hydrogen (secondary N) is 2. The summed E-state index contributed by atoms with van der Waals surface area (Å²) in [6, 6.07) is 17.2. The molecule has 8 heteroatoms. The van der Waals surface area contributed by atoms with E-state index in [1.807, 2.05) is 55.6 Å². The maximum Gasteiger partial charge on any atom is 0.254 e. The van der Waals surface area contributed by atoms with E-state index in [0.717, 1.165) is 46.6 Å². The van der Waals surface area contributed by atoms with Gasteiger partial charge >= 0.3 is 0 Å². The molecule has 176 valence electrons. The molecule has 1 fully saturated rings. The van der Waals surface area contributed by atoms with Gasteiger partial charge in [-0.15, -0.1) is 11.3 Å². The second-order valence-corrected chi connectivity index (χ2v) is 9.94. The lowest BCUT2D eigenvalue weighted by molar-refractivity contribution is 0.0793. The van der Waals surface area contributed by atoms with Crippen LogP contribution < -0.4 is 10.9 Å². The maximum atomic E-state index is 13.5. The molecule has 0 bridgehead atoms. The van der Waals surface area contributed by atoms with Crippen molar-refractivity contribution in [2.75, 3.05) is 13.6 Å². The summed E-state index contributed by atoms with van der Waals surface area (Å²) >= 11 is 1.62. The fourth-order valence-electron chi connectivity index (χ4n) is 4.76. The van der Waals surface area contributed by atoms with Gasteiger partial charge in [0.2, 0.25) is 0 Å². The second kappa shape index (κ2) is 9.66. The van der Waals surface area contributed by atoms with Crippen LogP contribution in [0.4, 0.5) is 0 Å². The summed E-state index contributed by atoms with van der Waals surface area (Å²) in [6.07, 6.45) is 2.99. The Kier molecular flexibility index (Phi) is 6.45. The molecule has 1 aliphatic rings. The van der Waals surface area contributed by atoms with Gasteiger partial charge < -0.3 is 4.90 Å². The molecular weight excluding hydrogens is 444 g/mol. The number of carbonyl (C=O) groups excluding carboxylic acids is 1. The zero-order valence-corrected chi connectivity index (χ0v) is 20.6. The third kappa shape index (κ3) is 4.49. The number of aryl methyl sites for hydroxylation is 2. The molecule has 4 aromatic rings. The van der Waals surface area contributed by atoms with Crippen molar-refractivity contribution in [2.24, 2.45) is 7.05 Å². The molecule has 1 aliphatic heterocycles. The molecule has 2 unspecified atom stereocenters. The number of benzene rings is 1. The SMILES string of the molecule is Cc1nn(C)c2nc(-c3cccs3)cc(C(=O)N(C)CCCC3CC(c4ccccc4)NN3)c12. The van der Waals surface area contributed by atoms with E-state index in [1.54, 1.807) is 16.0 Å². The summed E-state index contributed by atoms with van der Waals surface area (Å²) in [5, 5.41) is 7.40. The van der Waals surface area contributed by atoms with E-state index in [2.05, 4.69) is 40.2 Å². The van der Waals surface area contributed by atoms with E-state index >= 15 is 0 Å². The monoisotopic (exact) mass is 474 g/mol. The number of rotatable bonds is 7. The van der Waals surface area contributed by atoms with Gasteiger partial charge in [-0.3, -0.25) is 20.3 Å². The Labute approximate surface area is 203 Å². The van der Waals surface area contributed by atoms with Crippen LogP contribution in [-0.4, -0.2) is 45.2 Å². The highest BCUT2D eigenvalue weighted by molar-refractivity contribution is 7.13. The fraction of sp³-hybridized carbons (Fsp3) is 0.346. The number of hydrazine groups is 1. The standard InChI is InChI=1S/C26H30N6OS/c1-17-24-20(16-22(23-12-8-14-34-23)27-25(24)32(3)30-17)26(33)31(2)13-7-11-19-15-21(29-28-19)18-9-5-4-6-10-18/h4-6,8-10,12,14,16,19,21,28-29H,7,11,13,15H2,1-3H3. The minimum Gasteiger partial charge on any atom is -0.342 e. The van der Waals surface area contributed by atoms with Gasteiger partial charge in [-0.2, -0.15) is 5.10 Å². The Balaban J connectivity index is 1.27. The highest BCUT2D eigenvalue weighted by Gasteiger charge is 2.25. The van der Waals surface area contributed by atoms with Gasteiger partial charge in [0.15, 0.2) is 5.65 Å². The van der Waals surface area contributed by atoms with E-state index in [9.17, 15) is 4.79 Å². The van der Waals surface area contributed by atoms with Crippen molar-refractivity contribution < 1.29 is 4.79 Å². The van der Waals surface area contributed by atoms with E-state index in [-0.39, 0.29) is 5.91 Å². The minimum absolute atomic E-state index is 0.0148. The van der Waals surface area contributed by atoms with E-state index in [0.29, 0.717) is 24.2 Å². The Bertz CT molecular complexity index is 1280. The minimum atomic E-state index is 0.0148. The van der Waals surface area contributed by atoms with Crippen molar-refractivity contribution in [3.8, 4) is 10.6 Å². The molecule has 2 atom stereocenters. The Hall–Kier alpha value is -3.07. The van der Waals surface area contributed by atoms with E-state index < -0.39 is 0 Å². The van der Waals surface area contributed by atoms with Crippen LogP contribution in [0, 0.1) is 6.92 Å². The zero-order chi connectivity index (χ0) is 23.7. The second-order valence-electron chi connectivity index (χ2n) is 8.99. The Morgan fingerprint density at radius 3 is 2.79 bits per heavy atom. The lowest BCUT2D eigenvalue weighted by Gasteiger charge is -2.19. The van der Waals surface area contributed by atoms with Crippen LogP contribution in [0.5, 0.6) is 0 Å². The van der Waals surface area contributed by atoms with Crippen LogP contribution in [0.15, 0.2) is 53.9 Å². The molecule has 7 nitrogen and oxygen atoms in total. The van der Waals surface area contributed by atoms with Crippen molar-refractivity contribution in [1.29, 1.82) is 0 Å². The predicted octanol–water partition coefficient (Wildman–Crippen LogP) is 4.47. The van der Waals surface area contributed by atoms with Crippen LogP contribution >= 0.6 is 11.3 Å². The maximum absolute atomic E-state index is 13.5. The van der Waals surface area contributed by atoms with Crippen LogP contribution in [-0.2, 0) is 7.05 Å². The van der Waals surface area contributed by atoms with Gasteiger partial charge in [-0.1, -0.05) is 36.4 Å². The predicted molar refractivity (Wildman–Crippen MR) is 137 cm³/mol. The first-order valence-corrected chi connectivity index (χ1v) is 12.6. The molecule has 34 heavy (non-hydrogen) atoms. The third-order valence-electron chi connectivity index (χ3n) is 6.55. The molecule has 1 saturated heterocycles. The van der Waals surface area contributed by atoms with Gasteiger partial charge in [0.25, 0.3) is 5.91 Å². The van der Waals surface area contributed by atoms with Crippen LogP contribution in [0.1, 0.15) is 46.9 Å². The summed E-state index contributed by atoms with van der Waals surface area (Å²) in [7, 11) is 3.77. The first kappa shape index (κ1) is 22.7. The van der Waals surface area contributed by atoms with Crippen LogP contribution in [0.25, 0.3) is 21.6 Å². The fourth-order valence-corrected chi connectivity index (χ4v) is 5.45. The number of nitrogens with zero attached hydrogens (tertiary/aromatic N) is 4. The number of pyridine rings is 1. The quantitative estimate of drug-likeness (QED) is 0.414. The smallest absolute Gasteiger partial charge is 0.254 e. The van der Waals surface area contributed by atoms with Gasteiger partial charge in [0.1, 0.15) is 0 Å². The average molecular weight is 475 g/mol. The van der Waals surface area contributed by atoms with E-state index in [1.165, 1.54) is 5.56 Å². The molecule has 4 heterocycles. The lowest BCUT2D eigenvalue weighted by Crippen LogP contribution is -2.32. The van der Waals surface area contributed by atoms with Gasteiger partial charge in [0, 0.05) is 32.7 Å². The molecule has 0 aliphatic carbocycles. The summed E-state index contributed by atoms with van der Waals surface area (Å²) in [5.74, 6) is 0.0148. The third-order valence-corrected chi connectivity index (χ3v) is 7.44. The Morgan fingerprint density at radius 1 is 1.21 bits per heavy atom. The molecule has 2 N–H and O–H groups in total. The van der Waals surface area contributed by atoms with Crippen molar-refractivity contribution in [1.82, 2.24) is 30.5 Å². The van der Waals surface area contributed by atoms with Gasteiger partial charge in [0.05, 0.1) is 27.2 Å². The highest BCUT2D eigenvalue weighted by atomic mass is 32.1. The van der Waals surface area contributed by atoms with Crippen LogP contribution in [0.2, 0.25) is 0 Å². The molecule has 0 spiro atoms. The number of hydrogen-bond acceptors (Lipinski definition) is 6. The molecule has 1 amide bonds. The highest BCUT2D eigenvalue weighted by Crippen LogP contribution is 2.30. The normalized spacial score (nSPS) is 18.0. The average Bonchev–Trinajstić information content (AvgIpc) is 3.60. The number of aromatic nitrogens is 3. The first-order valence-electron chi connectivity index (χ1n) is 11.7. The lowest BCUT2D eigenvalue weighted by atomic mass is 10.00. The number of carbonyl (C=O) groups is 1. The topological polar surface area (TPSA) is 75.1 Å². The summed E-state index contributed by atoms with van der Waals surface area (Å²) in [5.41, 5.74) is 11.2. The van der Waals surface area contributed by atoms with Crippen LogP contribution in [0.3, 0.4) is 0 Å². The number of amides is 1. The number of fused-ring (bicyclic) bond motifs is 1.